The molecule has 0 spiro atoms. The Morgan fingerprint density at radius 1 is 1.26 bits per heavy atom. The lowest BCUT2D eigenvalue weighted by atomic mass is 10.0. The summed E-state index contributed by atoms with van der Waals surface area (Å²) >= 11 is 10.9. The maximum Gasteiger partial charge on any atom is 0.226 e. The standard InChI is InChI=1S/C22H21BrN4O2S2/c1-29-16-8-3-2-6-14(16)25-19(28)11-13-27-21(17-9-10-18(23)31-17)20(26-22(27)30)15-7-4-5-12-24-15/h2-10,12,20-21H,11,13H2,1H3,(H,25,28)(H,26,30)/t20-,21+/m0/s1. The van der Waals surface area contributed by atoms with Crippen molar-refractivity contribution in [3.8, 4) is 5.75 Å². The number of ether oxygens (including phenoxy) is 1. The molecule has 0 unspecified atom stereocenters. The van der Waals surface area contributed by atoms with Crippen LogP contribution >= 0.6 is 39.5 Å². The van der Waals surface area contributed by atoms with Crippen LogP contribution in [0.25, 0.3) is 0 Å². The lowest BCUT2D eigenvalue weighted by Crippen LogP contribution is -2.32. The number of para-hydroxylation sites is 2. The number of carbonyl (C=O) groups excluding carboxylic acids is 1. The number of hydrogen-bond acceptors (Lipinski definition) is 5. The molecule has 2 atom stereocenters. The van der Waals surface area contributed by atoms with Gasteiger partial charge < -0.3 is 20.3 Å². The van der Waals surface area contributed by atoms with Crippen molar-refractivity contribution in [2.75, 3.05) is 19.0 Å². The highest BCUT2D eigenvalue weighted by Gasteiger charge is 2.40. The van der Waals surface area contributed by atoms with E-state index in [1.807, 2.05) is 48.5 Å². The van der Waals surface area contributed by atoms with Crippen LogP contribution in [0.1, 0.15) is 29.1 Å². The van der Waals surface area contributed by atoms with E-state index in [2.05, 4.69) is 42.5 Å². The summed E-state index contributed by atoms with van der Waals surface area (Å²) in [7, 11) is 1.58. The number of hydrogen-bond donors (Lipinski definition) is 2. The van der Waals surface area contributed by atoms with Crippen molar-refractivity contribution in [1.82, 2.24) is 15.2 Å². The van der Waals surface area contributed by atoms with Gasteiger partial charge in [0, 0.05) is 24.0 Å². The summed E-state index contributed by atoms with van der Waals surface area (Å²) in [6.07, 6.45) is 2.07. The van der Waals surface area contributed by atoms with Gasteiger partial charge in [0.1, 0.15) is 5.75 Å². The lowest BCUT2D eigenvalue weighted by Gasteiger charge is -2.26. The number of thiocarbonyl (C=S) groups is 1. The Bertz CT molecular complexity index is 1080. The first-order valence-corrected chi connectivity index (χ1v) is 11.7. The molecule has 9 heteroatoms. The van der Waals surface area contributed by atoms with Crippen LogP contribution in [0, 0.1) is 0 Å². The quantitative estimate of drug-likeness (QED) is 0.434. The van der Waals surface area contributed by atoms with E-state index in [0.29, 0.717) is 23.1 Å². The molecule has 3 aromatic rings. The van der Waals surface area contributed by atoms with Gasteiger partial charge in [-0.1, -0.05) is 18.2 Å². The van der Waals surface area contributed by atoms with E-state index >= 15 is 0 Å². The second-order valence-corrected chi connectivity index (χ2v) is 9.84. The van der Waals surface area contributed by atoms with Crippen molar-refractivity contribution in [3.63, 3.8) is 0 Å². The highest BCUT2D eigenvalue weighted by atomic mass is 79.9. The minimum Gasteiger partial charge on any atom is -0.495 e. The second kappa shape index (κ2) is 9.76. The molecule has 2 N–H and O–H groups in total. The zero-order chi connectivity index (χ0) is 21.8. The van der Waals surface area contributed by atoms with Crippen LogP contribution < -0.4 is 15.4 Å². The van der Waals surface area contributed by atoms with Crippen LogP contribution in [-0.4, -0.2) is 34.6 Å². The van der Waals surface area contributed by atoms with Gasteiger partial charge >= 0.3 is 0 Å². The second-order valence-electron chi connectivity index (χ2n) is 6.96. The number of aromatic nitrogens is 1. The summed E-state index contributed by atoms with van der Waals surface area (Å²) in [4.78, 5) is 20.4. The number of amides is 1. The number of rotatable bonds is 7. The number of benzene rings is 1. The molecule has 1 aromatic carbocycles. The Labute approximate surface area is 198 Å². The molecule has 31 heavy (non-hydrogen) atoms. The van der Waals surface area contributed by atoms with Gasteiger partial charge in [-0.3, -0.25) is 9.78 Å². The number of halogens is 1. The molecule has 0 saturated carbocycles. The largest absolute Gasteiger partial charge is 0.495 e. The normalized spacial score (nSPS) is 18.0. The van der Waals surface area contributed by atoms with E-state index in [0.717, 1.165) is 14.4 Å². The van der Waals surface area contributed by atoms with Crippen LogP contribution in [0.3, 0.4) is 0 Å². The molecule has 1 saturated heterocycles. The van der Waals surface area contributed by atoms with Gasteiger partial charge in [-0.15, -0.1) is 11.3 Å². The molecule has 0 bridgehead atoms. The van der Waals surface area contributed by atoms with Crippen LogP contribution in [0.4, 0.5) is 5.69 Å². The first kappa shape index (κ1) is 21.7. The topological polar surface area (TPSA) is 66.5 Å². The molecule has 0 aliphatic carbocycles. The lowest BCUT2D eigenvalue weighted by molar-refractivity contribution is -0.116. The fraction of sp³-hybridized carbons (Fsp3) is 0.227. The maximum atomic E-state index is 12.7. The number of carbonyl (C=O) groups is 1. The van der Waals surface area contributed by atoms with Crippen molar-refractivity contribution >= 4 is 56.2 Å². The molecule has 4 rings (SSSR count). The number of nitrogens with zero attached hydrogens (tertiary/aromatic N) is 2. The monoisotopic (exact) mass is 516 g/mol. The zero-order valence-electron chi connectivity index (χ0n) is 16.7. The Hall–Kier alpha value is -2.49. The number of methoxy groups -OCH3 is 1. The van der Waals surface area contributed by atoms with Gasteiger partial charge in [0.05, 0.1) is 34.4 Å². The van der Waals surface area contributed by atoms with Crippen LogP contribution in [-0.2, 0) is 4.79 Å². The number of nitrogens with one attached hydrogen (secondary N) is 2. The average molecular weight is 517 g/mol. The molecule has 2 aromatic heterocycles. The van der Waals surface area contributed by atoms with Gasteiger partial charge in [0.15, 0.2) is 5.11 Å². The predicted octanol–water partition coefficient (Wildman–Crippen LogP) is 4.92. The molecule has 160 valence electrons. The Morgan fingerprint density at radius 3 is 2.77 bits per heavy atom. The fourth-order valence-corrected chi connectivity index (χ4v) is 5.53. The van der Waals surface area contributed by atoms with E-state index < -0.39 is 0 Å². The number of pyridine rings is 1. The van der Waals surface area contributed by atoms with Crippen molar-refractivity contribution in [2.45, 2.75) is 18.5 Å². The maximum absolute atomic E-state index is 12.7. The summed E-state index contributed by atoms with van der Waals surface area (Å²) < 4.78 is 6.37. The van der Waals surface area contributed by atoms with E-state index in [-0.39, 0.29) is 24.4 Å². The van der Waals surface area contributed by atoms with Gasteiger partial charge in [-0.05, 0) is 64.5 Å². The van der Waals surface area contributed by atoms with Gasteiger partial charge in [0.25, 0.3) is 0 Å². The summed E-state index contributed by atoms with van der Waals surface area (Å²) in [6, 6.07) is 17.2. The molecular formula is C22H21BrN4O2S2. The molecular weight excluding hydrogens is 496 g/mol. The summed E-state index contributed by atoms with van der Waals surface area (Å²) in [6.45, 7) is 0.482. The van der Waals surface area contributed by atoms with E-state index in [9.17, 15) is 4.79 Å². The summed E-state index contributed by atoms with van der Waals surface area (Å²) in [5.74, 6) is 0.533. The molecule has 1 aliphatic rings. The minimum atomic E-state index is -0.0975. The first-order valence-electron chi connectivity index (χ1n) is 9.73. The zero-order valence-corrected chi connectivity index (χ0v) is 20.0. The SMILES string of the molecule is COc1ccccc1NC(=O)CCN1C(=S)N[C@@H](c2ccccn2)[C@H]1c1ccc(Br)s1. The van der Waals surface area contributed by atoms with Crippen molar-refractivity contribution in [3.05, 3.63) is 75.2 Å². The molecule has 1 amide bonds. The van der Waals surface area contributed by atoms with Crippen molar-refractivity contribution in [1.29, 1.82) is 0 Å². The third-order valence-corrected chi connectivity index (χ3v) is 7.09. The average Bonchev–Trinajstić information content (AvgIpc) is 3.35. The van der Waals surface area contributed by atoms with Crippen LogP contribution in [0.15, 0.2) is 64.6 Å². The fourth-order valence-electron chi connectivity index (χ4n) is 3.63. The molecule has 3 heterocycles. The molecule has 0 radical (unpaired) electrons. The van der Waals surface area contributed by atoms with Gasteiger partial charge in [-0.2, -0.15) is 0 Å². The summed E-state index contributed by atoms with van der Waals surface area (Å²) in [5, 5.41) is 6.96. The van der Waals surface area contributed by atoms with Crippen LogP contribution in [0.5, 0.6) is 5.75 Å². The van der Waals surface area contributed by atoms with Gasteiger partial charge in [0.2, 0.25) is 5.91 Å². The first-order chi connectivity index (χ1) is 15.1. The Kier molecular flexibility index (Phi) is 6.84. The number of anilines is 1. The Balaban J connectivity index is 1.52. The molecule has 1 fully saturated rings. The van der Waals surface area contributed by atoms with Crippen LogP contribution in [0.2, 0.25) is 0 Å². The van der Waals surface area contributed by atoms with Gasteiger partial charge in [-0.25, -0.2) is 0 Å². The predicted molar refractivity (Wildman–Crippen MR) is 130 cm³/mol. The smallest absolute Gasteiger partial charge is 0.226 e. The van der Waals surface area contributed by atoms with E-state index in [1.54, 1.807) is 24.6 Å². The van der Waals surface area contributed by atoms with Crippen molar-refractivity contribution < 1.29 is 9.53 Å². The van der Waals surface area contributed by atoms with E-state index in [4.69, 9.17) is 17.0 Å². The third-order valence-electron chi connectivity index (χ3n) is 5.04. The minimum absolute atomic E-state index is 0.0437. The highest BCUT2D eigenvalue weighted by molar-refractivity contribution is 9.11. The Morgan fingerprint density at radius 2 is 2.06 bits per heavy atom. The van der Waals surface area contributed by atoms with Crippen molar-refractivity contribution in [2.24, 2.45) is 0 Å². The molecule has 1 aliphatic heterocycles. The third kappa shape index (κ3) is 4.89. The highest BCUT2D eigenvalue weighted by Crippen LogP contribution is 2.42. The van der Waals surface area contributed by atoms with E-state index in [1.165, 1.54) is 0 Å². The summed E-state index contributed by atoms with van der Waals surface area (Å²) in [5.41, 5.74) is 1.57. The molecule has 6 nitrogen and oxygen atoms in total. The number of thiophene rings is 1.